The van der Waals surface area contributed by atoms with Crippen LogP contribution in [0.5, 0.6) is 0 Å². The number of rotatable bonds is 7. The topological polar surface area (TPSA) is 28.4 Å². The molecule has 108 valence electrons. The summed E-state index contributed by atoms with van der Waals surface area (Å²) in [6.45, 7) is 7.18. The van der Waals surface area contributed by atoms with Crippen LogP contribution in [0.15, 0.2) is 10.5 Å². The van der Waals surface area contributed by atoms with Crippen molar-refractivity contribution in [2.75, 3.05) is 25.1 Å². The Labute approximate surface area is 121 Å². The predicted octanol–water partition coefficient (Wildman–Crippen LogP) is 3.02. The van der Waals surface area contributed by atoms with E-state index in [1.165, 1.54) is 29.9 Å². The molecule has 0 aliphatic carbocycles. The molecular formula is C15H26N2OS. The summed E-state index contributed by atoms with van der Waals surface area (Å²) in [5.41, 5.74) is 1.30. The summed E-state index contributed by atoms with van der Waals surface area (Å²) in [5, 5.41) is 3.44. The van der Waals surface area contributed by atoms with Crippen LogP contribution >= 0.6 is 11.8 Å². The molecule has 0 aromatic carbocycles. The molecule has 0 saturated carbocycles. The Balaban J connectivity index is 1.87. The van der Waals surface area contributed by atoms with Gasteiger partial charge in [0.2, 0.25) is 0 Å². The number of hydrogen-bond acceptors (Lipinski definition) is 4. The fourth-order valence-corrected chi connectivity index (χ4v) is 3.78. The van der Waals surface area contributed by atoms with Crippen LogP contribution in [0, 0.1) is 6.92 Å². The maximum atomic E-state index is 5.89. The summed E-state index contributed by atoms with van der Waals surface area (Å²) in [6.07, 6.45) is 2.48. The van der Waals surface area contributed by atoms with Gasteiger partial charge in [-0.15, -0.1) is 0 Å². The molecule has 1 atom stereocenters. The molecule has 1 saturated heterocycles. The maximum absolute atomic E-state index is 5.89. The van der Waals surface area contributed by atoms with E-state index in [-0.39, 0.29) is 0 Å². The van der Waals surface area contributed by atoms with Crippen LogP contribution < -0.4 is 5.32 Å². The first kappa shape index (κ1) is 14.9. The Morgan fingerprint density at radius 3 is 3.05 bits per heavy atom. The first-order valence-electron chi connectivity index (χ1n) is 7.27. The molecule has 1 aliphatic heterocycles. The van der Waals surface area contributed by atoms with Gasteiger partial charge in [-0.3, -0.25) is 4.90 Å². The molecular weight excluding hydrogens is 256 g/mol. The average Bonchev–Trinajstić information content (AvgIpc) is 3.00. The van der Waals surface area contributed by atoms with Gasteiger partial charge in [0, 0.05) is 23.9 Å². The van der Waals surface area contributed by atoms with Crippen LogP contribution in [0.4, 0.5) is 0 Å². The van der Waals surface area contributed by atoms with Crippen LogP contribution in [0.3, 0.4) is 0 Å². The molecule has 1 aromatic heterocycles. The molecule has 1 N–H and O–H groups in total. The fourth-order valence-electron chi connectivity index (χ4n) is 2.49. The van der Waals surface area contributed by atoms with Gasteiger partial charge in [-0.2, -0.15) is 11.8 Å². The SMILES string of the molecule is CCCNCc1cc(CN(C)C2CCSC2)oc1C. The molecule has 1 fully saturated rings. The molecule has 1 aliphatic rings. The van der Waals surface area contributed by atoms with Gasteiger partial charge in [0.05, 0.1) is 6.54 Å². The van der Waals surface area contributed by atoms with E-state index in [0.717, 1.165) is 37.2 Å². The number of thioether (sulfide) groups is 1. The van der Waals surface area contributed by atoms with E-state index in [1.807, 2.05) is 0 Å². The van der Waals surface area contributed by atoms with Crippen molar-refractivity contribution in [2.45, 2.75) is 45.8 Å². The third-order valence-corrected chi connectivity index (χ3v) is 4.89. The molecule has 0 amide bonds. The van der Waals surface area contributed by atoms with Gasteiger partial charge in [-0.05, 0) is 45.2 Å². The van der Waals surface area contributed by atoms with Crippen molar-refractivity contribution in [3.63, 3.8) is 0 Å². The Morgan fingerprint density at radius 2 is 2.37 bits per heavy atom. The van der Waals surface area contributed by atoms with Gasteiger partial charge in [0.25, 0.3) is 0 Å². The van der Waals surface area contributed by atoms with Gasteiger partial charge < -0.3 is 9.73 Å². The lowest BCUT2D eigenvalue weighted by Gasteiger charge is -2.21. The first-order valence-corrected chi connectivity index (χ1v) is 8.43. The number of nitrogens with one attached hydrogen (secondary N) is 1. The number of furan rings is 1. The summed E-state index contributed by atoms with van der Waals surface area (Å²) in [6, 6.07) is 2.94. The Morgan fingerprint density at radius 1 is 1.53 bits per heavy atom. The van der Waals surface area contributed by atoms with Crippen LogP contribution in [0.25, 0.3) is 0 Å². The minimum absolute atomic E-state index is 0.720. The van der Waals surface area contributed by atoms with Gasteiger partial charge in [0.1, 0.15) is 11.5 Å². The highest BCUT2D eigenvalue weighted by atomic mass is 32.2. The molecule has 3 nitrogen and oxygen atoms in total. The predicted molar refractivity (Wildman–Crippen MR) is 82.6 cm³/mol. The average molecular weight is 282 g/mol. The Bertz CT molecular complexity index is 385. The van der Waals surface area contributed by atoms with Crippen molar-refractivity contribution in [2.24, 2.45) is 0 Å². The standard InChI is InChI=1S/C15H26N2OS/c1-4-6-16-9-13-8-15(18-12(13)2)10-17(3)14-5-7-19-11-14/h8,14,16H,4-7,9-11H2,1-3H3. The summed E-state index contributed by atoms with van der Waals surface area (Å²) in [5.74, 6) is 4.73. The Kier molecular flexibility index (Phi) is 5.79. The summed E-state index contributed by atoms with van der Waals surface area (Å²) in [4.78, 5) is 2.43. The highest BCUT2D eigenvalue weighted by Crippen LogP contribution is 2.23. The van der Waals surface area contributed by atoms with Gasteiger partial charge in [0.15, 0.2) is 0 Å². The smallest absolute Gasteiger partial charge is 0.118 e. The molecule has 4 heteroatoms. The normalized spacial score (nSPS) is 19.5. The second-order valence-corrected chi connectivity index (χ2v) is 6.55. The zero-order chi connectivity index (χ0) is 13.7. The molecule has 0 bridgehead atoms. The first-order chi connectivity index (χ1) is 9.20. The van der Waals surface area contributed by atoms with E-state index in [1.54, 1.807) is 0 Å². The third-order valence-electron chi connectivity index (χ3n) is 3.75. The van der Waals surface area contributed by atoms with Gasteiger partial charge in [-0.25, -0.2) is 0 Å². The molecule has 1 unspecified atom stereocenters. The highest BCUT2D eigenvalue weighted by Gasteiger charge is 2.21. The molecule has 0 radical (unpaired) electrons. The van der Waals surface area contributed by atoms with Gasteiger partial charge in [-0.1, -0.05) is 6.92 Å². The largest absolute Gasteiger partial charge is 0.465 e. The number of nitrogens with zero attached hydrogens (tertiary/aromatic N) is 1. The van der Waals surface area contributed by atoms with E-state index in [4.69, 9.17) is 4.42 Å². The minimum Gasteiger partial charge on any atom is -0.465 e. The van der Waals surface area contributed by atoms with Crippen molar-refractivity contribution in [1.82, 2.24) is 10.2 Å². The molecule has 2 rings (SSSR count). The van der Waals surface area contributed by atoms with E-state index in [9.17, 15) is 0 Å². The maximum Gasteiger partial charge on any atom is 0.118 e. The van der Waals surface area contributed by atoms with Crippen molar-refractivity contribution in [3.05, 3.63) is 23.2 Å². The zero-order valence-corrected chi connectivity index (χ0v) is 13.2. The van der Waals surface area contributed by atoms with Crippen LogP contribution in [-0.2, 0) is 13.1 Å². The van der Waals surface area contributed by atoms with Crippen molar-refractivity contribution in [3.8, 4) is 0 Å². The molecule has 2 heterocycles. The number of hydrogen-bond donors (Lipinski definition) is 1. The summed E-state index contributed by atoms with van der Waals surface area (Å²) in [7, 11) is 2.21. The van der Waals surface area contributed by atoms with E-state index in [0.29, 0.717) is 0 Å². The zero-order valence-electron chi connectivity index (χ0n) is 12.4. The lowest BCUT2D eigenvalue weighted by molar-refractivity contribution is 0.233. The Hall–Kier alpha value is -0.450. The highest BCUT2D eigenvalue weighted by molar-refractivity contribution is 7.99. The number of aryl methyl sites for hydroxylation is 1. The monoisotopic (exact) mass is 282 g/mol. The van der Waals surface area contributed by atoms with E-state index in [2.05, 4.69) is 48.9 Å². The van der Waals surface area contributed by atoms with Crippen molar-refractivity contribution < 1.29 is 4.42 Å². The van der Waals surface area contributed by atoms with E-state index >= 15 is 0 Å². The third kappa shape index (κ3) is 4.26. The fraction of sp³-hybridized carbons (Fsp3) is 0.733. The second-order valence-electron chi connectivity index (χ2n) is 5.40. The van der Waals surface area contributed by atoms with Crippen LogP contribution in [-0.4, -0.2) is 36.0 Å². The van der Waals surface area contributed by atoms with Gasteiger partial charge >= 0.3 is 0 Å². The molecule has 19 heavy (non-hydrogen) atoms. The minimum atomic E-state index is 0.720. The second kappa shape index (κ2) is 7.36. The molecule has 1 aromatic rings. The van der Waals surface area contributed by atoms with Crippen molar-refractivity contribution in [1.29, 1.82) is 0 Å². The van der Waals surface area contributed by atoms with Crippen LogP contribution in [0.2, 0.25) is 0 Å². The lowest BCUT2D eigenvalue weighted by Crippen LogP contribution is -2.30. The van der Waals surface area contributed by atoms with E-state index < -0.39 is 0 Å². The summed E-state index contributed by atoms with van der Waals surface area (Å²) >= 11 is 2.06. The van der Waals surface area contributed by atoms with Crippen LogP contribution in [0.1, 0.15) is 36.8 Å². The molecule has 0 spiro atoms. The lowest BCUT2D eigenvalue weighted by atomic mass is 10.2. The quantitative estimate of drug-likeness (QED) is 0.778. The summed E-state index contributed by atoms with van der Waals surface area (Å²) < 4.78 is 5.89. The van der Waals surface area contributed by atoms with Crippen molar-refractivity contribution >= 4 is 11.8 Å².